The molecule has 3 N–H and O–H groups in total. The van der Waals surface area contributed by atoms with E-state index in [2.05, 4.69) is 5.92 Å². The summed E-state index contributed by atoms with van der Waals surface area (Å²) in [5.74, 6) is 2.43. The third kappa shape index (κ3) is 2.09. The lowest BCUT2D eigenvalue weighted by molar-refractivity contribution is 0.0515. The average molecular weight is 175 g/mol. The Morgan fingerprint density at radius 1 is 1.38 bits per heavy atom. The second-order valence-electron chi connectivity index (χ2n) is 2.98. The molecule has 2 heteroatoms. The molecule has 0 aliphatic carbocycles. The monoisotopic (exact) mass is 175 g/mol. The van der Waals surface area contributed by atoms with Gasteiger partial charge < -0.3 is 10.8 Å². The van der Waals surface area contributed by atoms with E-state index in [4.69, 9.17) is 12.2 Å². The SMILES string of the molecule is C#CCC(O)(CN)c1ccccc1. The number of hydrogen-bond acceptors (Lipinski definition) is 2. The van der Waals surface area contributed by atoms with E-state index in [0.717, 1.165) is 5.56 Å². The van der Waals surface area contributed by atoms with Crippen molar-refractivity contribution in [2.24, 2.45) is 5.73 Å². The van der Waals surface area contributed by atoms with Crippen LogP contribution in [0.1, 0.15) is 12.0 Å². The maximum Gasteiger partial charge on any atom is 0.113 e. The van der Waals surface area contributed by atoms with E-state index in [-0.39, 0.29) is 13.0 Å². The fourth-order valence-electron chi connectivity index (χ4n) is 1.21. The van der Waals surface area contributed by atoms with Crippen LogP contribution in [0.3, 0.4) is 0 Å². The van der Waals surface area contributed by atoms with Gasteiger partial charge in [-0.2, -0.15) is 0 Å². The number of hydrogen-bond donors (Lipinski definition) is 2. The van der Waals surface area contributed by atoms with Crippen LogP contribution >= 0.6 is 0 Å². The van der Waals surface area contributed by atoms with Crippen LogP contribution in [0.5, 0.6) is 0 Å². The smallest absolute Gasteiger partial charge is 0.113 e. The van der Waals surface area contributed by atoms with Crippen LogP contribution in [-0.4, -0.2) is 11.7 Å². The number of nitrogens with two attached hydrogens (primary N) is 1. The first-order valence-corrected chi connectivity index (χ1v) is 4.14. The van der Waals surface area contributed by atoms with Gasteiger partial charge in [0, 0.05) is 13.0 Å². The summed E-state index contributed by atoms with van der Waals surface area (Å²) in [6, 6.07) is 9.24. The molecule has 0 aromatic heterocycles. The second-order valence-corrected chi connectivity index (χ2v) is 2.98. The predicted molar refractivity (Wildman–Crippen MR) is 52.8 cm³/mol. The van der Waals surface area contributed by atoms with Crippen molar-refractivity contribution in [2.45, 2.75) is 12.0 Å². The highest BCUT2D eigenvalue weighted by atomic mass is 16.3. The molecular weight excluding hydrogens is 162 g/mol. The van der Waals surface area contributed by atoms with Crippen molar-refractivity contribution in [3.8, 4) is 12.3 Å². The minimum Gasteiger partial charge on any atom is -0.383 e. The zero-order valence-electron chi connectivity index (χ0n) is 7.40. The molecule has 0 heterocycles. The minimum atomic E-state index is -1.07. The van der Waals surface area contributed by atoms with Crippen molar-refractivity contribution in [3.05, 3.63) is 35.9 Å². The molecule has 1 atom stereocenters. The van der Waals surface area contributed by atoms with Gasteiger partial charge in [-0.15, -0.1) is 12.3 Å². The molecule has 0 fully saturated rings. The molecular formula is C11H13NO. The van der Waals surface area contributed by atoms with E-state index in [0.29, 0.717) is 0 Å². The Morgan fingerprint density at radius 2 is 2.00 bits per heavy atom. The molecule has 0 radical (unpaired) electrons. The van der Waals surface area contributed by atoms with E-state index in [9.17, 15) is 5.11 Å². The first-order chi connectivity index (χ1) is 6.23. The van der Waals surface area contributed by atoms with E-state index in [1.165, 1.54) is 0 Å². The molecule has 1 aromatic carbocycles. The molecule has 0 aliphatic heterocycles. The van der Waals surface area contributed by atoms with Crippen LogP contribution in [0.25, 0.3) is 0 Å². The quantitative estimate of drug-likeness (QED) is 0.669. The van der Waals surface area contributed by atoms with Crippen LogP contribution in [-0.2, 0) is 5.60 Å². The Balaban J connectivity index is 2.97. The molecule has 0 saturated heterocycles. The first kappa shape index (κ1) is 9.79. The van der Waals surface area contributed by atoms with Crippen LogP contribution in [0.2, 0.25) is 0 Å². The van der Waals surface area contributed by atoms with Crippen LogP contribution in [0.4, 0.5) is 0 Å². The zero-order valence-corrected chi connectivity index (χ0v) is 7.40. The molecule has 2 nitrogen and oxygen atoms in total. The topological polar surface area (TPSA) is 46.2 Å². The Kier molecular flexibility index (Phi) is 3.07. The molecule has 1 aromatic rings. The summed E-state index contributed by atoms with van der Waals surface area (Å²) < 4.78 is 0. The summed E-state index contributed by atoms with van der Waals surface area (Å²) in [7, 11) is 0. The van der Waals surface area contributed by atoms with E-state index in [1.807, 2.05) is 30.3 Å². The van der Waals surface area contributed by atoms with Gasteiger partial charge in [-0.05, 0) is 5.56 Å². The first-order valence-electron chi connectivity index (χ1n) is 4.14. The van der Waals surface area contributed by atoms with Gasteiger partial charge in [0.15, 0.2) is 0 Å². The van der Waals surface area contributed by atoms with Crippen molar-refractivity contribution < 1.29 is 5.11 Å². The van der Waals surface area contributed by atoms with Crippen molar-refractivity contribution in [1.82, 2.24) is 0 Å². The van der Waals surface area contributed by atoms with Gasteiger partial charge in [-0.3, -0.25) is 0 Å². The summed E-state index contributed by atoms with van der Waals surface area (Å²) in [5, 5.41) is 10.0. The van der Waals surface area contributed by atoms with Crippen LogP contribution in [0.15, 0.2) is 30.3 Å². The third-order valence-corrected chi connectivity index (χ3v) is 2.04. The van der Waals surface area contributed by atoms with E-state index < -0.39 is 5.60 Å². The number of terminal acetylenes is 1. The predicted octanol–water partition coefficient (Wildman–Crippen LogP) is 0.856. The van der Waals surface area contributed by atoms with Gasteiger partial charge in [0.25, 0.3) is 0 Å². The van der Waals surface area contributed by atoms with E-state index >= 15 is 0 Å². The molecule has 1 rings (SSSR count). The molecule has 0 aliphatic rings. The third-order valence-electron chi connectivity index (χ3n) is 2.04. The Morgan fingerprint density at radius 3 is 2.46 bits per heavy atom. The van der Waals surface area contributed by atoms with Gasteiger partial charge in [-0.25, -0.2) is 0 Å². The molecule has 0 spiro atoms. The van der Waals surface area contributed by atoms with Gasteiger partial charge in [0.1, 0.15) is 5.60 Å². The average Bonchev–Trinajstić information content (AvgIpc) is 2.19. The van der Waals surface area contributed by atoms with Gasteiger partial charge in [0.2, 0.25) is 0 Å². The highest BCUT2D eigenvalue weighted by Crippen LogP contribution is 2.22. The maximum atomic E-state index is 10.0. The van der Waals surface area contributed by atoms with Gasteiger partial charge in [-0.1, -0.05) is 30.3 Å². The molecule has 68 valence electrons. The Hall–Kier alpha value is -1.30. The lowest BCUT2D eigenvalue weighted by atomic mass is 9.91. The lowest BCUT2D eigenvalue weighted by Crippen LogP contribution is -2.34. The maximum absolute atomic E-state index is 10.0. The van der Waals surface area contributed by atoms with Gasteiger partial charge >= 0.3 is 0 Å². The molecule has 0 bridgehead atoms. The molecule has 0 amide bonds. The summed E-state index contributed by atoms with van der Waals surface area (Å²) in [4.78, 5) is 0. The number of benzene rings is 1. The Labute approximate surface area is 78.4 Å². The summed E-state index contributed by atoms with van der Waals surface area (Å²) in [5.41, 5.74) is 5.18. The largest absolute Gasteiger partial charge is 0.383 e. The normalized spacial score (nSPS) is 14.5. The minimum absolute atomic E-state index is 0.140. The molecule has 1 unspecified atom stereocenters. The van der Waals surface area contributed by atoms with Crippen LogP contribution < -0.4 is 5.73 Å². The second kappa shape index (κ2) is 4.08. The lowest BCUT2D eigenvalue weighted by Gasteiger charge is -2.24. The number of rotatable bonds is 3. The fourth-order valence-corrected chi connectivity index (χ4v) is 1.21. The standard InChI is InChI=1S/C11H13NO/c1-2-8-11(13,9-12)10-6-4-3-5-7-10/h1,3-7,13H,8-9,12H2. The van der Waals surface area contributed by atoms with Gasteiger partial charge in [0.05, 0.1) is 0 Å². The fraction of sp³-hybridized carbons (Fsp3) is 0.273. The highest BCUT2D eigenvalue weighted by molar-refractivity contribution is 5.24. The van der Waals surface area contributed by atoms with E-state index in [1.54, 1.807) is 0 Å². The highest BCUT2D eigenvalue weighted by Gasteiger charge is 2.25. The van der Waals surface area contributed by atoms with Crippen molar-refractivity contribution in [3.63, 3.8) is 0 Å². The zero-order chi connectivity index (χ0) is 9.73. The molecule has 0 saturated carbocycles. The van der Waals surface area contributed by atoms with Crippen molar-refractivity contribution >= 4 is 0 Å². The summed E-state index contributed by atoms with van der Waals surface area (Å²) >= 11 is 0. The van der Waals surface area contributed by atoms with Crippen LogP contribution in [0, 0.1) is 12.3 Å². The Bertz CT molecular complexity index is 302. The summed E-state index contributed by atoms with van der Waals surface area (Å²) in [6.07, 6.45) is 5.41. The number of aliphatic hydroxyl groups is 1. The molecule has 13 heavy (non-hydrogen) atoms. The summed E-state index contributed by atoms with van der Waals surface area (Å²) in [6.45, 7) is 0.140. The van der Waals surface area contributed by atoms with Crippen molar-refractivity contribution in [1.29, 1.82) is 0 Å². The van der Waals surface area contributed by atoms with Crippen molar-refractivity contribution in [2.75, 3.05) is 6.54 Å².